The van der Waals surface area contributed by atoms with Crippen molar-refractivity contribution in [2.75, 3.05) is 52.6 Å². The molecule has 0 N–H and O–H groups in total. The first kappa shape index (κ1) is 25.9. The first-order valence-corrected chi connectivity index (χ1v) is 12.1. The summed E-state index contributed by atoms with van der Waals surface area (Å²) in [5.74, 6) is 0.978. The number of carbonyl (C=O) groups excluding carboxylic acids is 1. The average molecular weight is 500 g/mol. The van der Waals surface area contributed by atoms with Crippen LogP contribution in [0.4, 0.5) is 5.13 Å². The lowest BCUT2D eigenvalue weighted by molar-refractivity contribution is 0.0985. The van der Waals surface area contributed by atoms with Crippen LogP contribution in [0.3, 0.4) is 0 Å². The van der Waals surface area contributed by atoms with Gasteiger partial charge < -0.3 is 14.4 Å². The number of sulfone groups is 1. The van der Waals surface area contributed by atoms with Crippen LogP contribution >= 0.6 is 23.7 Å². The molecule has 0 fully saturated rings. The number of carbonyl (C=O) groups is 1. The van der Waals surface area contributed by atoms with Crippen molar-refractivity contribution in [1.29, 1.82) is 0 Å². The molecule has 0 unspecified atom stereocenters. The van der Waals surface area contributed by atoms with Crippen LogP contribution in [0.1, 0.15) is 10.4 Å². The van der Waals surface area contributed by atoms with Gasteiger partial charge in [0.25, 0.3) is 5.91 Å². The highest BCUT2D eigenvalue weighted by molar-refractivity contribution is 7.90. The highest BCUT2D eigenvalue weighted by Gasteiger charge is 2.24. The molecule has 0 aliphatic heterocycles. The Labute approximate surface area is 198 Å². The summed E-state index contributed by atoms with van der Waals surface area (Å²) in [6.07, 6.45) is 1.13. The molecular weight excluding hydrogens is 474 g/mol. The largest absolute Gasteiger partial charge is 0.495 e. The topological polar surface area (TPSA) is 89.0 Å². The molecule has 1 heterocycles. The predicted molar refractivity (Wildman–Crippen MR) is 130 cm³/mol. The van der Waals surface area contributed by atoms with E-state index in [1.54, 1.807) is 31.3 Å². The van der Waals surface area contributed by atoms with E-state index in [9.17, 15) is 13.2 Å². The Hall–Kier alpha value is -2.40. The minimum absolute atomic E-state index is 0. The van der Waals surface area contributed by atoms with Gasteiger partial charge in [-0.2, -0.15) is 0 Å². The number of ether oxygens (including phenoxy) is 2. The van der Waals surface area contributed by atoms with Crippen molar-refractivity contribution in [2.24, 2.45) is 0 Å². The molecule has 1 aromatic heterocycles. The normalized spacial score (nSPS) is 11.3. The smallest absolute Gasteiger partial charge is 0.260 e. The van der Waals surface area contributed by atoms with Gasteiger partial charge in [-0.25, -0.2) is 13.4 Å². The summed E-state index contributed by atoms with van der Waals surface area (Å²) in [5, 5.41) is 0.511. The average Bonchev–Trinajstić information content (AvgIpc) is 3.17. The van der Waals surface area contributed by atoms with Crippen LogP contribution in [-0.2, 0) is 9.84 Å². The molecule has 0 atom stereocenters. The van der Waals surface area contributed by atoms with Crippen LogP contribution in [0.15, 0.2) is 41.3 Å². The second kappa shape index (κ2) is 10.5. The van der Waals surface area contributed by atoms with Crippen LogP contribution in [-0.4, -0.2) is 71.9 Å². The van der Waals surface area contributed by atoms with Gasteiger partial charge in [0.05, 0.1) is 19.1 Å². The molecule has 3 rings (SSSR count). The third-order valence-electron chi connectivity index (χ3n) is 4.68. The molecule has 2 aromatic carbocycles. The van der Waals surface area contributed by atoms with Gasteiger partial charge in [0, 0.05) is 24.9 Å². The molecule has 0 aliphatic rings. The maximum absolute atomic E-state index is 13.4. The Morgan fingerprint density at radius 1 is 1.00 bits per heavy atom. The SMILES string of the molecule is COc1ccc(OC)c2sc(N(CCN(C)C)C(=O)c3ccc(S(C)(=O)=O)cc3)nc12.Cl. The minimum Gasteiger partial charge on any atom is -0.495 e. The van der Waals surface area contributed by atoms with Crippen molar-refractivity contribution in [3.63, 3.8) is 0 Å². The van der Waals surface area contributed by atoms with Gasteiger partial charge in [0.15, 0.2) is 15.0 Å². The van der Waals surface area contributed by atoms with Crippen LogP contribution in [0.5, 0.6) is 11.5 Å². The highest BCUT2D eigenvalue weighted by atomic mass is 35.5. The van der Waals surface area contributed by atoms with E-state index in [1.807, 2.05) is 19.0 Å². The number of halogens is 1. The number of benzene rings is 2. The Morgan fingerprint density at radius 3 is 2.12 bits per heavy atom. The maximum atomic E-state index is 13.4. The number of rotatable bonds is 8. The van der Waals surface area contributed by atoms with Crippen molar-refractivity contribution >= 4 is 54.8 Å². The van der Waals surface area contributed by atoms with Gasteiger partial charge >= 0.3 is 0 Å². The molecule has 0 saturated carbocycles. The Morgan fingerprint density at radius 2 is 1.59 bits per heavy atom. The van der Waals surface area contributed by atoms with Crippen LogP contribution in [0.25, 0.3) is 10.2 Å². The minimum atomic E-state index is -3.34. The molecule has 1 amide bonds. The number of aromatic nitrogens is 1. The summed E-state index contributed by atoms with van der Waals surface area (Å²) in [6, 6.07) is 9.51. The molecule has 174 valence electrons. The van der Waals surface area contributed by atoms with Crippen molar-refractivity contribution in [1.82, 2.24) is 9.88 Å². The number of likely N-dealkylation sites (N-methyl/N-ethyl adjacent to an activating group) is 1. The molecular formula is C21H26ClN3O5S2. The van der Waals surface area contributed by atoms with E-state index in [1.165, 1.54) is 35.6 Å². The molecule has 32 heavy (non-hydrogen) atoms. The fraction of sp³-hybridized carbons (Fsp3) is 0.333. The van der Waals surface area contributed by atoms with E-state index in [-0.39, 0.29) is 23.2 Å². The number of fused-ring (bicyclic) bond motifs is 1. The van der Waals surface area contributed by atoms with Crippen molar-refractivity contribution in [3.8, 4) is 11.5 Å². The molecule has 0 aliphatic carbocycles. The van der Waals surface area contributed by atoms with Gasteiger partial charge in [-0.1, -0.05) is 11.3 Å². The summed E-state index contributed by atoms with van der Waals surface area (Å²) < 4.78 is 35.1. The van der Waals surface area contributed by atoms with Gasteiger partial charge in [-0.05, 0) is 50.5 Å². The second-order valence-electron chi connectivity index (χ2n) is 7.20. The van der Waals surface area contributed by atoms with Crippen molar-refractivity contribution in [2.45, 2.75) is 4.90 Å². The number of thiazole rings is 1. The zero-order valence-electron chi connectivity index (χ0n) is 18.5. The number of nitrogens with zero attached hydrogens (tertiary/aromatic N) is 3. The summed E-state index contributed by atoms with van der Waals surface area (Å²) in [6.45, 7) is 1.03. The lowest BCUT2D eigenvalue weighted by Gasteiger charge is -2.22. The first-order chi connectivity index (χ1) is 14.7. The van der Waals surface area contributed by atoms with Gasteiger partial charge in [-0.3, -0.25) is 9.69 Å². The van der Waals surface area contributed by atoms with E-state index in [0.717, 1.165) is 11.0 Å². The summed E-state index contributed by atoms with van der Waals surface area (Å²) >= 11 is 1.34. The highest BCUT2D eigenvalue weighted by Crippen LogP contribution is 2.40. The quantitative estimate of drug-likeness (QED) is 0.469. The zero-order valence-corrected chi connectivity index (χ0v) is 20.9. The summed E-state index contributed by atoms with van der Waals surface area (Å²) in [7, 11) is 3.66. The summed E-state index contributed by atoms with van der Waals surface area (Å²) in [4.78, 5) is 21.8. The maximum Gasteiger partial charge on any atom is 0.260 e. The third kappa shape index (κ3) is 5.50. The van der Waals surface area contributed by atoms with Crippen LogP contribution in [0.2, 0.25) is 0 Å². The number of hydrogen-bond donors (Lipinski definition) is 0. The van der Waals surface area contributed by atoms with E-state index in [2.05, 4.69) is 4.98 Å². The molecule has 0 bridgehead atoms. The number of anilines is 1. The molecule has 0 saturated heterocycles. The fourth-order valence-electron chi connectivity index (χ4n) is 2.97. The first-order valence-electron chi connectivity index (χ1n) is 9.44. The van der Waals surface area contributed by atoms with E-state index in [4.69, 9.17) is 9.47 Å². The molecule has 8 nitrogen and oxygen atoms in total. The monoisotopic (exact) mass is 499 g/mol. The van der Waals surface area contributed by atoms with Crippen molar-refractivity contribution < 1.29 is 22.7 Å². The second-order valence-corrected chi connectivity index (χ2v) is 10.2. The number of hydrogen-bond acceptors (Lipinski definition) is 8. The molecule has 11 heteroatoms. The van der Waals surface area contributed by atoms with E-state index >= 15 is 0 Å². The van der Waals surface area contributed by atoms with Gasteiger partial charge in [-0.15, -0.1) is 12.4 Å². The number of amides is 1. The molecule has 3 aromatic rings. The van der Waals surface area contributed by atoms with Crippen LogP contribution in [0, 0.1) is 0 Å². The fourth-order valence-corrected chi connectivity index (χ4v) is 4.70. The zero-order chi connectivity index (χ0) is 22.8. The third-order valence-corrected chi connectivity index (χ3v) is 6.90. The van der Waals surface area contributed by atoms with Gasteiger partial charge in [0.1, 0.15) is 21.7 Å². The number of methoxy groups -OCH3 is 2. The lowest BCUT2D eigenvalue weighted by Crippen LogP contribution is -2.36. The molecule has 0 spiro atoms. The van der Waals surface area contributed by atoms with E-state index < -0.39 is 9.84 Å². The molecule has 0 radical (unpaired) electrons. The Bertz CT molecular complexity index is 1150. The van der Waals surface area contributed by atoms with Crippen LogP contribution < -0.4 is 14.4 Å². The summed E-state index contributed by atoms with van der Waals surface area (Å²) in [5.41, 5.74) is 1.00. The predicted octanol–water partition coefficient (Wildman–Crippen LogP) is 3.35. The Kier molecular flexibility index (Phi) is 8.47. The van der Waals surface area contributed by atoms with E-state index in [0.29, 0.717) is 40.8 Å². The lowest BCUT2D eigenvalue weighted by atomic mass is 10.2. The van der Waals surface area contributed by atoms with Gasteiger partial charge in [0.2, 0.25) is 0 Å². The Balaban J connectivity index is 0.00000363. The van der Waals surface area contributed by atoms with Crippen molar-refractivity contribution in [3.05, 3.63) is 42.0 Å². The standard InChI is InChI=1S/C21H25N3O5S2.ClH/c1-23(2)12-13-24(20(25)14-6-8-15(9-7-14)31(5,26)27)21-22-18-16(28-3)10-11-17(29-4)19(18)30-21;/h6-11H,12-13H2,1-5H3;1H.